The first-order valence-corrected chi connectivity index (χ1v) is 7.62. The summed E-state index contributed by atoms with van der Waals surface area (Å²) >= 11 is 0. The third-order valence-corrected chi connectivity index (χ3v) is 4.19. The van der Waals surface area contributed by atoms with Gasteiger partial charge in [0.05, 0.1) is 11.1 Å². The Morgan fingerprint density at radius 2 is 2.04 bits per heavy atom. The number of nitrogens with zero attached hydrogens (tertiary/aromatic N) is 5. The van der Waals surface area contributed by atoms with Crippen molar-refractivity contribution in [2.45, 2.75) is 6.42 Å². The molecule has 0 unspecified atom stereocenters. The molecule has 1 aliphatic rings. The molecular formula is C17H11F2N5O. The van der Waals surface area contributed by atoms with Crippen molar-refractivity contribution in [2.24, 2.45) is 0 Å². The molecule has 0 saturated carbocycles. The summed E-state index contributed by atoms with van der Waals surface area (Å²) in [5, 5.41) is 13.1. The number of rotatable bonds is 2. The number of nitriles is 1. The van der Waals surface area contributed by atoms with Gasteiger partial charge >= 0.3 is 0 Å². The van der Waals surface area contributed by atoms with Gasteiger partial charge < -0.3 is 4.90 Å². The number of hydrogen-bond acceptors (Lipinski definition) is 4. The molecule has 0 bridgehead atoms. The number of carbonyl (C=O) groups is 1. The molecule has 0 radical (unpaired) electrons. The van der Waals surface area contributed by atoms with E-state index in [1.165, 1.54) is 10.7 Å². The van der Waals surface area contributed by atoms with E-state index >= 15 is 0 Å². The Hall–Kier alpha value is -3.34. The van der Waals surface area contributed by atoms with Gasteiger partial charge in [-0.2, -0.15) is 10.4 Å². The topological polar surface area (TPSA) is 74.3 Å². The molecule has 0 aliphatic carbocycles. The van der Waals surface area contributed by atoms with Crippen LogP contribution in [-0.2, 0) is 0 Å². The highest BCUT2D eigenvalue weighted by Gasteiger charge is 2.30. The fourth-order valence-electron chi connectivity index (χ4n) is 2.78. The number of likely N-dealkylation sites (tertiary alicyclic amines) is 1. The minimum absolute atomic E-state index is 0.0152. The predicted molar refractivity (Wildman–Crippen MR) is 83.6 cm³/mol. The Balaban J connectivity index is 1.99. The van der Waals surface area contributed by atoms with Gasteiger partial charge in [-0.1, -0.05) is 0 Å². The van der Waals surface area contributed by atoms with Crippen molar-refractivity contribution in [3.8, 4) is 17.2 Å². The molecular weight excluding hydrogens is 328 g/mol. The minimum Gasteiger partial charge on any atom is -0.337 e. The second kappa shape index (κ2) is 5.63. The lowest BCUT2D eigenvalue weighted by Gasteiger charge is -2.30. The van der Waals surface area contributed by atoms with Gasteiger partial charge in [-0.3, -0.25) is 4.79 Å². The fraction of sp³-hybridized carbons (Fsp3) is 0.176. The summed E-state index contributed by atoms with van der Waals surface area (Å²) in [5.74, 6) is -2.02. The maximum Gasteiger partial charge on any atom is 0.275 e. The zero-order chi connectivity index (χ0) is 17.6. The molecule has 25 heavy (non-hydrogen) atoms. The van der Waals surface area contributed by atoms with E-state index in [1.54, 1.807) is 23.2 Å². The van der Waals surface area contributed by atoms with Crippen molar-refractivity contribution in [2.75, 3.05) is 13.1 Å². The lowest BCUT2D eigenvalue weighted by molar-refractivity contribution is 0.0646. The lowest BCUT2D eigenvalue weighted by atomic mass is 10.0. The van der Waals surface area contributed by atoms with Gasteiger partial charge in [-0.05, 0) is 24.6 Å². The van der Waals surface area contributed by atoms with Crippen LogP contribution in [0.5, 0.6) is 0 Å². The SMILES string of the molecule is N#Cc1cc(F)c(-c2c(C(=O)N3CCC3)nn3cccnc23)cc1F. The third-order valence-electron chi connectivity index (χ3n) is 4.19. The van der Waals surface area contributed by atoms with E-state index in [2.05, 4.69) is 10.1 Å². The van der Waals surface area contributed by atoms with Crippen LogP contribution in [0.25, 0.3) is 16.8 Å². The van der Waals surface area contributed by atoms with Crippen LogP contribution in [0.2, 0.25) is 0 Å². The maximum atomic E-state index is 14.5. The molecule has 8 heteroatoms. The summed E-state index contributed by atoms with van der Waals surface area (Å²) in [5.41, 5.74) is -0.162. The van der Waals surface area contributed by atoms with E-state index in [0.29, 0.717) is 13.1 Å². The molecule has 3 aromatic rings. The molecule has 0 atom stereocenters. The molecule has 2 aromatic heterocycles. The molecule has 4 rings (SSSR count). The van der Waals surface area contributed by atoms with Crippen molar-refractivity contribution in [1.29, 1.82) is 5.26 Å². The monoisotopic (exact) mass is 339 g/mol. The van der Waals surface area contributed by atoms with Crippen molar-refractivity contribution < 1.29 is 13.6 Å². The summed E-state index contributed by atoms with van der Waals surface area (Å²) in [6.07, 6.45) is 3.96. The molecule has 1 saturated heterocycles. The van der Waals surface area contributed by atoms with Crippen LogP contribution >= 0.6 is 0 Å². The molecule has 1 fully saturated rings. The van der Waals surface area contributed by atoms with Crippen molar-refractivity contribution >= 4 is 11.6 Å². The van der Waals surface area contributed by atoms with Crippen LogP contribution in [0.3, 0.4) is 0 Å². The Kier molecular flexibility index (Phi) is 3.42. The number of halogens is 2. The first-order valence-electron chi connectivity index (χ1n) is 7.62. The van der Waals surface area contributed by atoms with E-state index in [4.69, 9.17) is 5.26 Å². The summed E-state index contributed by atoms with van der Waals surface area (Å²) in [6, 6.07) is 4.94. The van der Waals surface area contributed by atoms with Gasteiger partial charge in [0, 0.05) is 31.0 Å². The van der Waals surface area contributed by atoms with E-state index < -0.39 is 17.2 Å². The molecule has 0 N–H and O–H groups in total. The highest BCUT2D eigenvalue weighted by molar-refractivity contribution is 6.03. The zero-order valence-electron chi connectivity index (χ0n) is 12.9. The first-order chi connectivity index (χ1) is 12.1. The zero-order valence-corrected chi connectivity index (χ0v) is 12.9. The number of hydrogen-bond donors (Lipinski definition) is 0. The Bertz CT molecular complexity index is 1050. The standard InChI is InChI=1S/C17H11F2N5O/c18-12-8-11(13(19)7-10(12)9-20)14-15(17(25)23-4-2-5-23)22-24-6-1-3-21-16(14)24/h1,3,6-8H,2,4-5H2. The number of benzene rings is 1. The average molecular weight is 339 g/mol. The lowest BCUT2D eigenvalue weighted by Crippen LogP contribution is -2.42. The van der Waals surface area contributed by atoms with E-state index in [0.717, 1.165) is 18.6 Å². The van der Waals surface area contributed by atoms with Gasteiger partial charge in [0.2, 0.25) is 0 Å². The van der Waals surface area contributed by atoms with Crippen LogP contribution in [-0.4, -0.2) is 38.5 Å². The van der Waals surface area contributed by atoms with Crippen LogP contribution in [0.4, 0.5) is 8.78 Å². The largest absolute Gasteiger partial charge is 0.337 e. The van der Waals surface area contributed by atoms with Crippen molar-refractivity contribution in [1.82, 2.24) is 19.5 Å². The van der Waals surface area contributed by atoms with Crippen molar-refractivity contribution in [3.05, 3.63) is 53.5 Å². The van der Waals surface area contributed by atoms with Crippen LogP contribution < -0.4 is 0 Å². The molecule has 124 valence electrons. The Morgan fingerprint density at radius 3 is 2.72 bits per heavy atom. The quantitative estimate of drug-likeness (QED) is 0.718. The van der Waals surface area contributed by atoms with E-state index in [-0.39, 0.29) is 28.4 Å². The normalized spacial score (nSPS) is 13.6. The molecule has 1 aromatic carbocycles. The average Bonchev–Trinajstić information content (AvgIpc) is 2.94. The molecule has 6 nitrogen and oxygen atoms in total. The van der Waals surface area contributed by atoms with Gasteiger partial charge in [0.25, 0.3) is 5.91 Å². The van der Waals surface area contributed by atoms with Gasteiger partial charge in [0.15, 0.2) is 11.3 Å². The fourth-order valence-corrected chi connectivity index (χ4v) is 2.78. The summed E-state index contributed by atoms with van der Waals surface area (Å²) < 4.78 is 30.0. The highest BCUT2D eigenvalue weighted by Crippen LogP contribution is 2.32. The molecule has 3 heterocycles. The van der Waals surface area contributed by atoms with Crippen LogP contribution in [0, 0.1) is 23.0 Å². The van der Waals surface area contributed by atoms with E-state index in [9.17, 15) is 13.6 Å². The van der Waals surface area contributed by atoms with Gasteiger partial charge in [0.1, 0.15) is 17.7 Å². The Labute approximate surface area is 140 Å². The van der Waals surface area contributed by atoms with Gasteiger partial charge in [-0.15, -0.1) is 0 Å². The predicted octanol–water partition coefficient (Wildman–Crippen LogP) is 2.39. The number of carbonyl (C=O) groups excluding carboxylic acids is 1. The maximum absolute atomic E-state index is 14.5. The smallest absolute Gasteiger partial charge is 0.275 e. The number of aromatic nitrogens is 3. The van der Waals surface area contributed by atoms with E-state index in [1.807, 2.05) is 0 Å². The summed E-state index contributed by atoms with van der Waals surface area (Å²) in [4.78, 5) is 18.4. The first kappa shape index (κ1) is 15.2. The van der Waals surface area contributed by atoms with Crippen molar-refractivity contribution in [3.63, 3.8) is 0 Å². The Morgan fingerprint density at radius 1 is 1.24 bits per heavy atom. The van der Waals surface area contributed by atoms with Crippen LogP contribution in [0.1, 0.15) is 22.5 Å². The third kappa shape index (κ3) is 2.32. The van der Waals surface area contributed by atoms with Gasteiger partial charge in [-0.25, -0.2) is 18.3 Å². The molecule has 1 aliphatic heterocycles. The second-order valence-corrected chi connectivity index (χ2v) is 5.68. The molecule has 1 amide bonds. The van der Waals surface area contributed by atoms with Crippen LogP contribution in [0.15, 0.2) is 30.6 Å². The minimum atomic E-state index is -0.864. The summed E-state index contributed by atoms with van der Waals surface area (Å²) in [7, 11) is 0. The summed E-state index contributed by atoms with van der Waals surface area (Å²) in [6.45, 7) is 1.20. The number of fused-ring (bicyclic) bond motifs is 1. The number of amides is 1. The molecule has 0 spiro atoms. The second-order valence-electron chi connectivity index (χ2n) is 5.68. The highest BCUT2D eigenvalue weighted by atomic mass is 19.1.